The van der Waals surface area contributed by atoms with E-state index in [9.17, 15) is 9.18 Å². The van der Waals surface area contributed by atoms with Gasteiger partial charge in [-0.2, -0.15) is 0 Å². The SMILES string of the molecule is N[C@@H](C(=O)O)c1c(F)cccc1Br. The van der Waals surface area contributed by atoms with Gasteiger partial charge in [0.2, 0.25) is 0 Å². The molecular formula is C8H7BrFNO2. The second-order valence-electron chi connectivity index (χ2n) is 2.45. The second-order valence-corrected chi connectivity index (χ2v) is 3.31. The zero-order valence-electron chi connectivity index (χ0n) is 6.50. The molecule has 3 nitrogen and oxygen atoms in total. The molecule has 13 heavy (non-hydrogen) atoms. The summed E-state index contributed by atoms with van der Waals surface area (Å²) >= 11 is 3.03. The molecule has 1 aromatic carbocycles. The van der Waals surface area contributed by atoms with Gasteiger partial charge in [0.1, 0.15) is 11.9 Å². The molecular weight excluding hydrogens is 241 g/mol. The summed E-state index contributed by atoms with van der Waals surface area (Å²) in [6, 6.07) is 2.84. The van der Waals surface area contributed by atoms with Crippen molar-refractivity contribution in [3.8, 4) is 0 Å². The number of hydrogen-bond donors (Lipinski definition) is 2. The van der Waals surface area contributed by atoms with Crippen molar-refractivity contribution in [1.82, 2.24) is 0 Å². The van der Waals surface area contributed by atoms with Gasteiger partial charge in [0.25, 0.3) is 0 Å². The third-order valence-electron chi connectivity index (χ3n) is 1.58. The monoisotopic (exact) mass is 247 g/mol. The molecule has 0 aliphatic heterocycles. The molecule has 0 aliphatic carbocycles. The highest BCUT2D eigenvalue weighted by atomic mass is 79.9. The highest BCUT2D eigenvalue weighted by Gasteiger charge is 2.20. The average Bonchev–Trinajstić information content (AvgIpc) is 2.03. The van der Waals surface area contributed by atoms with E-state index in [1.807, 2.05) is 0 Å². The van der Waals surface area contributed by atoms with E-state index in [1.165, 1.54) is 12.1 Å². The van der Waals surface area contributed by atoms with Crippen LogP contribution in [0.4, 0.5) is 4.39 Å². The Bertz CT molecular complexity index is 323. The molecule has 1 rings (SSSR count). The molecule has 1 aromatic rings. The predicted molar refractivity (Wildman–Crippen MR) is 48.7 cm³/mol. The van der Waals surface area contributed by atoms with Crippen molar-refractivity contribution in [2.45, 2.75) is 6.04 Å². The highest BCUT2D eigenvalue weighted by molar-refractivity contribution is 9.10. The lowest BCUT2D eigenvalue weighted by Gasteiger charge is -2.09. The Morgan fingerprint density at radius 3 is 2.69 bits per heavy atom. The standard InChI is InChI=1S/C8H7BrFNO2/c9-4-2-1-3-5(10)6(4)7(11)8(12)13/h1-3,7H,11H2,(H,12,13)/t7-/m1/s1. The normalized spacial score (nSPS) is 12.5. The minimum absolute atomic E-state index is 0.0324. The van der Waals surface area contributed by atoms with Crippen LogP contribution in [0, 0.1) is 5.82 Å². The lowest BCUT2D eigenvalue weighted by Crippen LogP contribution is -2.22. The maximum absolute atomic E-state index is 13.1. The summed E-state index contributed by atoms with van der Waals surface area (Å²) < 4.78 is 13.5. The first-order valence-electron chi connectivity index (χ1n) is 3.46. The van der Waals surface area contributed by atoms with Crippen molar-refractivity contribution >= 4 is 21.9 Å². The van der Waals surface area contributed by atoms with E-state index >= 15 is 0 Å². The first-order valence-corrected chi connectivity index (χ1v) is 4.25. The minimum atomic E-state index is -1.34. The summed E-state index contributed by atoms with van der Waals surface area (Å²) in [4.78, 5) is 10.5. The van der Waals surface area contributed by atoms with Gasteiger partial charge in [-0.1, -0.05) is 22.0 Å². The molecule has 0 saturated carbocycles. The number of aliphatic carboxylic acids is 1. The van der Waals surface area contributed by atoms with Crippen molar-refractivity contribution in [2.75, 3.05) is 0 Å². The highest BCUT2D eigenvalue weighted by Crippen LogP contribution is 2.24. The molecule has 0 spiro atoms. The van der Waals surface area contributed by atoms with E-state index in [1.54, 1.807) is 6.07 Å². The molecule has 0 radical (unpaired) electrons. The fourth-order valence-electron chi connectivity index (χ4n) is 0.931. The Balaban J connectivity index is 3.20. The summed E-state index contributed by atoms with van der Waals surface area (Å²) in [7, 11) is 0. The Hall–Kier alpha value is -0.940. The van der Waals surface area contributed by atoms with Gasteiger partial charge >= 0.3 is 5.97 Å². The van der Waals surface area contributed by atoms with Crippen molar-refractivity contribution in [1.29, 1.82) is 0 Å². The number of nitrogens with two attached hydrogens (primary N) is 1. The molecule has 0 unspecified atom stereocenters. The van der Waals surface area contributed by atoms with E-state index in [2.05, 4.69) is 15.9 Å². The molecule has 0 saturated heterocycles. The van der Waals surface area contributed by atoms with Crippen molar-refractivity contribution < 1.29 is 14.3 Å². The third kappa shape index (κ3) is 2.05. The number of carboxylic acid groups (broad SMARTS) is 1. The van der Waals surface area contributed by atoms with Crippen LogP contribution < -0.4 is 5.73 Å². The van der Waals surface area contributed by atoms with Crippen molar-refractivity contribution in [3.05, 3.63) is 34.1 Å². The maximum atomic E-state index is 13.1. The van der Waals surface area contributed by atoms with Crippen molar-refractivity contribution in [2.24, 2.45) is 5.73 Å². The Kier molecular flexibility index (Phi) is 3.00. The zero-order valence-corrected chi connectivity index (χ0v) is 8.08. The summed E-state index contributed by atoms with van der Waals surface area (Å²) in [6.45, 7) is 0. The summed E-state index contributed by atoms with van der Waals surface area (Å²) in [5.74, 6) is -1.88. The van der Waals surface area contributed by atoms with Crippen LogP contribution in [0.1, 0.15) is 11.6 Å². The Labute approximate surface area is 82.5 Å². The summed E-state index contributed by atoms with van der Waals surface area (Å²) in [6.07, 6.45) is 0. The topological polar surface area (TPSA) is 63.3 Å². The summed E-state index contributed by atoms with van der Waals surface area (Å²) in [5, 5.41) is 8.57. The van der Waals surface area contributed by atoms with Crippen LogP contribution in [0.15, 0.2) is 22.7 Å². The minimum Gasteiger partial charge on any atom is -0.480 e. The fourth-order valence-corrected chi connectivity index (χ4v) is 1.52. The van der Waals surface area contributed by atoms with Gasteiger partial charge in [0, 0.05) is 10.0 Å². The van der Waals surface area contributed by atoms with Gasteiger partial charge in [-0.25, -0.2) is 4.39 Å². The number of hydrogen-bond acceptors (Lipinski definition) is 2. The quantitative estimate of drug-likeness (QED) is 0.836. The third-order valence-corrected chi connectivity index (χ3v) is 2.27. The number of carboxylic acids is 1. The zero-order chi connectivity index (χ0) is 10.0. The molecule has 0 bridgehead atoms. The van der Waals surface area contributed by atoms with Crippen LogP contribution in [0.5, 0.6) is 0 Å². The lowest BCUT2D eigenvalue weighted by atomic mass is 10.1. The number of rotatable bonds is 2. The van der Waals surface area contributed by atoms with Crippen LogP contribution >= 0.6 is 15.9 Å². The van der Waals surface area contributed by atoms with Crippen LogP contribution in [-0.2, 0) is 4.79 Å². The second kappa shape index (κ2) is 3.85. The van der Waals surface area contributed by atoms with E-state index < -0.39 is 17.8 Å². The van der Waals surface area contributed by atoms with Gasteiger partial charge in [0.05, 0.1) is 0 Å². The van der Waals surface area contributed by atoms with Gasteiger partial charge in [-0.15, -0.1) is 0 Å². The van der Waals surface area contributed by atoms with Gasteiger partial charge in [0.15, 0.2) is 0 Å². The fraction of sp³-hybridized carbons (Fsp3) is 0.125. The first kappa shape index (κ1) is 10.1. The van der Waals surface area contributed by atoms with E-state index in [-0.39, 0.29) is 5.56 Å². The van der Waals surface area contributed by atoms with E-state index in [0.717, 1.165) is 0 Å². The van der Waals surface area contributed by atoms with Crippen LogP contribution in [0.2, 0.25) is 0 Å². The van der Waals surface area contributed by atoms with Gasteiger partial charge in [-0.3, -0.25) is 4.79 Å². The number of carbonyl (C=O) groups is 1. The molecule has 3 N–H and O–H groups in total. The number of benzene rings is 1. The molecule has 0 aromatic heterocycles. The molecule has 0 aliphatic rings. The van der Waals surface area contributed by atoms with Crippen LogP contribution in [-0.4, -0.2) is 11.1 Å². The van der Waals surface area contributed by atoms with Gasteiger partial charge < -0.3 is 10.8 Å². The average molecular weight is 248 g/mol. The van der Waals surface area contributed by atoms with E-state index in [0.29, 0.717) is 4.47 Å². The van der Waals surface area contributed by atoms with Crippen LogP contribution in [0.25, 0.3) is 0 Å². The van der Waals surface area contributed by atoms with Crippen molar-refractivity contribution in [3.63, 3.8) is 0 Å². The Morgan fingerprint density at radius 1 is 1.62 bits per heavy atom. The Morgan fingerprint density at radius 2 is 2.23 bits per heavy atom. The first-order chi connectivity index (χ1) is 6.04. The number of halogens is 2. The molecule has 0 amide bonds. The molecule has 70 valence electrons. The largest absolute Gasteiger partial charge is 0.480 e. The van der Waals surface area contributed by atoms with Gasteiger partial charge in [-0.05, 0) is 12.1 Å². The predicted octanol–water partition coefficient (Wildman–Crippen LogP) is 1.67. The molecule has 1 atom stereocenters. The smallest absolute Gasteiger partial charge is 0.325 e. The molecule has 0 fully saturated rings. The lowest BCUT2D eigenvalue weighted by molar-refractivity contribution is -0.138. The maximum Gasteiger partial charge on any atom is 0.325 e. The molecule has 5 heteroatoms. The van der Waals surface area contributed by atoms with E-state index in [4.69, 9.17) is 10.8 Å². The van der Waals surface area contributed by atoms with Crippen LogP contribution in [0.3, 0.4) is 0 Å². The molecule has 0 heterocycles. The summed E-state index contributed by atoms with van der Waals surface area (Å²) in [5.41, 5.74) is 5.24.